The summed E-state index contributed by atoms with van der Waals surface area (Å²) in [5.41, 5.74) is 1.64. The lowest BCUT2D eigenvalue weighted by molar-refractivity contribution is 0.233. The summed E-state index contributed by atoms with van der Waals surface area (Å²) in [6, 6.07) is 8.30. The van der Waals surface area contributed by atoms with Crippen molar-refractivity contribution < 1.29 is 8.85 Å². The van der Waals surface area contributed by atoms with Gasteiger partial charge in [0, 0.05) is 25.5 Å². The van der Waals surface area contributed by atoms with Gasteiger partial charge in [0.05, 0.1) is 10.2 Å². The summed E-state index contributed by atoms with van der Waals surface area (Å²) in [6.07, 6.45) is 2.27. The zero-order chi connectivity index (χ0) is 18.8. The van der Waals surface area contributed by atoms with Gasteiger partial charge in [0.15, 0.2) is 4.34 Å². The van der Waals surface area contributed by atoms with E-state index in [-0.39, 0.29) is 0 Å². The van der Waals surface area contributed by atoms with Gasteiger partial charge in [0.2, 0.25) is 0 Å². The molecular formula is C15H23NO2S7Si. The van der Waals surface area contributed by atoms with Gasteiger partial charge in [0.1, 0.15) is 0 Å². The van der Waals surface area contributed by atoms with Crippen molar-refractivity contribution in [3.63, 3.8) is 0 Å². The van der Waals surface area contributed by atoms with Crippen LogP contribution in [0.4, 0.5) is 0 Å². The predicted molar refractivity (Wildman–Crippen MR) is 133 cm³/mol. The fourth-order valence-electron chi connectivity index (χ4n) is 2.45. The third-order valence-corrected chi connectivity index (χ3v) is 20.0. The Morgan fingerprint density at radius 1 is 1.12 bits per heavy atom. The van der Waals surface area contributed by atoms with E-state index >= 15 is 0 Å². The number of aromatic nitrogens is 1. The van der Waals surface area contributed by atoms with E-state index in [9.17, 15) is 0 Å². The zero-order valence-corrected chi connectivity index (χ0v) is 21.8. The summed E-state index contributed by atoms with van der Waals surface area (Å²) < 4.78 is 13.8. The monoisotopic (exact) mass is 501 g/mol. The van der Waals surface area contributed by atoms with Gasteiger partial charge in [-0.15, -0.1) is 11.3 Å². The highest BCUT2D eigenvalue weighted by Crippen LogP contribution is 2.54. The number of para-hydroxylation sites is 1. The number of benzene rings is 1. The molecule has 26 heavy (non-hydrogen) atoms. The van der Waals surface area contributed by atoms with E-state index in [1.54, 1.807) is 56.0 Å². The van der Waals surface area contributed by atoms with Crippen molar-refractivity contribution in [1.29, 1.82) is 0 Å². The van der Waals surface area contributed by atoms with E-state index < -0.39 is 8.56 Å². The molecular weight excluding hydrogens is 479 g/mol. The first-order valence-electron chi connectivity index (χ1n) is 8.05. The molecule has 3 nitrogen and oxygen atoms in total. The summed E-state index contributed by atoms with van der Waals surface area (Å²) in [5, 5.41) is 0. The lowest BCUT2D eigenvalue weighted by Crippen LogP contribution is -2.41. The van der Waals surface area contributed by atoms with Crippen molar-refractivity contribution in [2.24, 2.45) is 0 Å². The highest BCUT2D eigenvalue weighted by atomic mass is 33.9. The number of nitrogens with zero attached hydrogens (tertiary/aromatic N) is 1. The molecule has 0 bridgehead atoms. The van der Waals surface area contributed by atoms with Crippen molar-refractivity contribution in [3.05, 3.63) is 24.3 Å². The lowest BCUT2D eigenvalue weighted by Gasteiger charge is -2.31. The van der Waals surface area contributed by atoms with Crippen LogP contribution in [0.3, 0.4) is 0 Å². The number of hydrogen-bond acceptors (Lipinski definition) is 10. The molecule has 0 fully saturated rings. The predicted octanol–water partition coefficient (Wildman–Crippen LogP) is 8.16. The second-order valence-electron chi connectivity index (χ2n) is 5.44. The average molecular weight is 502 g/mol. The molecule has 0 aliphatic heterocycles. The van der Waals surface area contributed by atoms with Crippen LogP contribution in [0.5, 0.6) is 0 Å². The third-order valence-electron chi connectivity index (χ3n) is 4.11. The van der Waals surface area contributed by atoms with Gasteiger partial charge in [-0.25, -0.2) is 4.98 Å². The largest absolute Gasteiger partial charge is 0.398 e. The second kappa shape index (κ2) is 12.8. The fourth-order valence-corrected chi connectivity index (χ4v) is 17.8. The van der Waals surface area contributed by atoms with Crippen LogP contribution in [0.15, 0.2) is 28.6 Å². The van der Waals surface area contributed by atoms with Gasteiger partial charge < -0.3 is 8.85 Å². The van der Waals surface area contributed by atoms with Gasteiger partial charge >= 0.3 is 8.56 Å². The Balaban J connectivity index is 1.56. The molecule has 1 aromatic heterocycles. The number of fused-ring (bicyclic) bond motifs is 1. The van der Waals surface area contributed by atoms with Crippen molar-refractivity contribution in [1.82, 2.24) is 4.98 Å². The molecule has 0 spiro atoms. The smallest absolute Gasteiger partial charge is 0.337 e. The van der Waals surface area contributed by atoms with Crippen LogP contribution >= 0.6 is 72.2 Å². The van der Waals surface area contributed by atoms with Crippen molar-refractivity contribution >= 4 is 91.0 Å². The Morgan fingerprint density at radius 3 is 2.54 bits per heavy atom. The van der Waals surface area contributed by atoms with Gasteiger partial charge in [0.25, 0.3) is 0 Å². The van der Waals surface area contributed by atoms with Crippen LogP contribution in [0.1, 0.15) is 19.8 Å². The van der Waals surface area contributed by atoms with E-state index in [1.807, 2.05) is 36.5 Å². The van der Waals surface area contributed by atoms with E-state index in [1.165, 1.54) is 4.70 Å². The van der Waals surface area contributed by atoms with Gasteiger partial charge in [-0.05, 0) is 75.2 Å². The molecule has 1 atom stereocenters. The molecule has 1 heterocycles. The van der Waals surface area contributed by atoms with Crippen molar-refractivity contribution in [2.75, 3.05) is 20.0 Å². The Kier molecular flexibility index (Phi) is 11.6. The molecule has 146 valence electrons. The van der Waals surface area contributed by atoms with Gasteiger partial charge in [-0.2, -0.15) is 0 Å². The fraction of sp³-hybridized carbons (Fsp3) is 0.533. The summed E-state index contributed by atoms with van der Waals surface area (Å²) in [7, 11) is 12.5. The van der Waals surface area contributed by atoms with E-state index in [0.717, 1.165) is 28.5 Å². The minimum atomic E-state index is -2.01. The molecule has 1 unspecified atom stereocenters. The SMILES string of the molecule is CCC(CCSSSSSSc1nc2ccccc2s1)[Si](C)(OC)OC. The van der Waals surface area contributed by atoms with Crippen LogP contribution < -0.4 is 0 Å². The van der Waals surface area contributed by atoms with Crippen LogP contribution in [0, 0.1) is 0 Å². The summed E-state index contributed by atoms with van der Waals surface area (Å²) in [6.45, 7) is 4.39. The molecule has 0 N–H and O–H groups in total. The molecule has 0 amide bonds. The molecule has 0 aliphatic carbocycles. The molecule has 1 aromatic carbocycles. The minimum absolute atomic E-state index is 0.548. The Hall–Kier alpha value is 1.35. The zero-order valence-electron chi connectivity index (χ0n) is 15.1. The lowest BCUT2D eigenvalue weighted by atomic mass is 10.3. The Labute approximate surface area is 183 Å². The molecule has 11 heteroatoms. The topological polar surface area (TPSA) is 31.4 Å². The standard InChI is InChI=1S/C15H23NO2S7Si/c1-5-12(26(4,17-2)18-3)10-11-19-22-24-25-23-21-15-16-13-8-6-7-9-14(13)20-15/h6-9,12H,5,10-11H2,1-4H3. The van der Waals surface area contributed by atoms with Gasteiger partial charge in [-0.3, -0.25) is 0 Å². The van der Waals surface area contributed by atoms with E-state index in [2.05, 4.69) is 36.7 Å². The van der Waals surface area contributed by atoms with Crippen LogP contribution in [0.25, 0.3) is 10.2 Å². The number of thiazole rings is 1. The first-order chi connectivity index (χ1) is 12.6. The first-order valence-corrected chi connectivity index (χ1v) is 18.9. The molecule has 0 radical (unpaired) electrons. The second-order valence-corrected chi connectivity index (χ2v) is 19.9. The Morgan fingerprint density at radius 2 is 1.85 bits per heavy atom. The van der Waals surface area contributed by atoms with Crippen molar-refractivity contribution in [2.45, 2.75) is 36.2 Å². The average Bonchev–Trinajstić information content (AvgIpc) is 3.09. The summed E-state index contributed by atoms with van der Waals surface area (Å²) >= 11 is 1.76. The first kappa shape index (κ1) is 23.6. The molecule has 0 saturated carbocycles. The maximum absolute atomic E-state index is 5.69. The normalized spacial score (nSPS) is 13.4. The van der Waals surface area contributed by atoms with E-state index in [4.69, 9.17) is 8.85 Å². The van der Waals surface area contributed by atoms with Gasteiger partial charge in [-0.1, -0.05) is 36.3 Å². The van der Waals surface area contributed by atoms with E-state index in [0.29, 0.717) is 5.54 Å². The van der Waals surface area contributed by atoms with Crippen LogP contribution in [0.2, 0.25) is 12.1 Å². The third kappa shape index (κ3) is 7.31. The molecule has 0 aliphatic rings. The minimum Gasteiger partial charge on any atom is -0.398 e. The highest BCUT2D eigenvalue weighted by Gasteiger charge is 2.37. The molecule has 0 saturated heterocycles. The Bertz CT molecular complexity index is 623. The number of hydrogen-bond donors (Lipinski definition) is 0. The maximum atomic E-state index is 5.69. The van der Waals surface area contributed by atoms with Crippen molar-refractivity contribution in [3.8, 4) is 0 Å². The quantitative estimate of drug-likeness (QED) is 0.153. The number of rotatable bonds is 13. The summed E-state index contributed by atoms with van der Waals surface area (Å²) in [4.78, 5) is 4.63. The molecule has 2 aromatic rings. The summed E-state index contributed by atoms with van der Waals surface area (Å²) in [5.74, 6) is 1.13. The van der Waals surface area contributed by atoms with Crippen LogP contribution in [-0.4, -0.2) is 33.5 Å². The highest BCUT2D eigenvalue weighted by molar-refractivity contribution is 9.41. The molecule has 2 rings (SSSR count). The van der Waals surface area contributed by atoms with Crippen LogP contribution in [-0.2, 0) is 8.85 Å². The maximum Gasteiger partial charge on any atom is 0.337 e.